The number of methoxy groups -OCH3 is 1. The summed E-state index contributed by atoms with van der Waals surface area (Å²) in [4.78, 5) is 2.40. The van der Waals surface area contributed by atoms with Crippen molar-refractivity contribution in [2.24, 2.45) is 0 Å². The van der Waals surface area contributed by atoms with Crippen LogP contribution in [0.2, 0.25) is 0 Å². The molecule has 128 valence electrons. The highest BCUT2D eigenvalue weighted by Crippen LogP contribution is 2.52. The molecule has 0 saturated carbocycles. The molecule has 0 radical (unpaired) electrons. The third-order valence-corrected chi connectivity index (χ3v) is 9.42. The highest BCUT2D eigenvalue weighted by Gasteiger charge is 2.53. The van der Waals surface area contributed by atoms with E-state index >= 15 is 0 Å². The van der Waals surface area contributed by atoms with Gasteiger partial charge < -0.3 is 4.74 Å². The number of benzene rings is 1. The number of nitrogens with zero attached hydrogens (tertiary/aromatic N) is 1. The second-order valence-electron chi connectivity index (χ2n) is 6.99. The highest BCUT2D eigenvalue weighted by atomic mass is 32.3. The number of sulfone groups is 1. The predicted octanol–water partition coefficient (Wildman–Crippen LogP) is 3.32. The highest BCUT2D eigenvalue weighted by molar-refractivity contribution is 8.20. The smallest absolute Gasteiger partial charge is 0.190 e. The maximum absolute atomic E-state index is 12.9. The maximum atomic E-state index is 12.9. The first kappa shape index (κ1) is 16.2. The molecule has 0 amide bonds. The summed E-state index contributed by atoms with van der Waals surface area (Å²) in [5.41, 5.74) is 2.30. The number of fused-ring (bicyclic) bond motifs is 2. The third kappa shape index (κ3) is 2.43. The van der Waals surface area contributed by atoms with Gasteiger partial charge in [-0.2, -0.15) is 0 Å². The second kappa shape index (κ2) is 5.64. The summed E-state index contributed by atoms with van der Waals surface area (Å²) >= 11 is 1.39. The van der Waals surface area contributed by atoms with E-state index in [0.717, 1.165) is 24.4 Å². The Morgan fingerprint density at radius 1 is 1.33 bits per heavy atom. The fourth-order valence-corrected chi connectivity index (χ4v) is 7.62. The minimum absolute atomic E-state index is 0.152. The van der Waals surface area contributed by atoms with Crippen molar-refractivity contribution < 1.29 is 13.2 Å². The fraction of sp³-hybridized carbons (Fsp3) is 0.444. The standard InChI is InChI=1S/C18H21NO3S2/c1-18-9-14-12-19(11-13-3-5-16(22-2)6-4-13)15(10-18)7-8-23-17(14)24(18,20)21/h3-8,15H,9-12H2,1-2H3. The van der Waals surface area contributed by atoms with Gasteiger partial charge in [-0.05, 0) is 48.4 Å². The van der Waals surface area contributed by atoms with Crippen molar-refractivity contribution in [3.63, 3.8) is 0 Å². The first-order valence-electron chi connectivity index (χ1n) is 8.10. The van der Waals surface area contributed by atoms with Crippen LogP contribution in [0.25, 0.3) is 0 Å². The zero-order valence-electron chi connectivity index (χ0n) is 13.9. The van der Waals surface area contributed by atoms with Crippen LogP contribution in [0, 0.1) is 0 Å². The minimum atomic E-state index is -3.18. The van der Waals surface area contributed by atoms with E-state index in [4.69, 9.17) is 4.74 Å². The summed E-state index contributed by atoms with van der Waals surface area (Å²) in [5.74, 6) is 0.853. The van der Waals surface area contributed by atoms with Crippen molar-refractivity contribution in [2.45, 2.75) is 37.1 Å². The van der Waals surface area contributed by atoms with Gasteiger partial charge in [0.2, 0.25) is 0 Å². The van der Waals surface area contributed by atoms with Crippen LogP contribution in [-0.2, 0) is 16.4 Å². The van der Waals surface area contributed by atoms with Gasteiger partial charge in [-0.1, -0.05) is 30.0 Å². The predicted molar refractivity (Wildman–Crippen MR) is 97.5 cm³/mol. The van der Waals surface area contributed by atoms with Crippen LogP contribution in [0.15, 0.2) is 45.6 Å². The lowest BCUT2D eigenvalue weighted by molar-refractivity contribution is 0.231. The number of thioether (sulfide) groups is 1. The van der Waals surface area contributed by atoms with Crippen molar-refractivity contribution in [2.75, 3.05) is 13.7 Å². The largest absolute Gasteiger partial charge is 0.497 e. The first-order valence-corrected chi connectivity index (χ1v) is 10.5. The monoisotopic (exact) mass is 363 g/mol. The van der Waals surface area contributed by atoms with Crippen molar-refractivity contribution in [1.82, 2.24) is 4.90 Å². The lowest BCUT2D eigenvalue weighted by Crippen LogP contribution is -2.42. The molecule has 1 fully saturated rings. The molecule has 2 atom stereocenters. The Kier molecular flexibility index (Phi) is 3.82. The first-order chi connectivity index (χ1) is 11.4. The van der Waals surface area contributed by atoms with E-state index in [0.29, 0.717) is 17.1 Å². The average Bonchev–Trinajstić information content (AvgIpc) is 2.65. The van der Waals surface area contributed by atoms with Crippen molar-refractivity contribution >= 4 is 21.6 Å². The van der Waals surface area contributed by atoms with Crippen LogP contribution in [0.1, 0.15) is 25.3 Å². The lowest BCUT2D eigenvalue weighted by atomic mass is 9.96. The van der Waals surface area contributed by atoms with E-state index in [9.17, 15) is 8.42 Å². The van der Waals surface area contributed by atoms with E-state index in [-0.39, 0.29) is 6.04 Å². The van der Waals surface area contributed by atoms with Crippen molar-refractivity contribution in [3.05, 3.63) is 51.1 Å². The third-order valence-electron chi connectivity index (χ3n) is 5.29. The Morgan fingerprint density at radius 2 is 2.08 bits per heavy atom. The van der Waals surface area contributed by atoms with E-state index in [1.54, 1.807) is 7.11 Å². The van der Waals surface area contributed by atoms with E-state index in [1.807, 2.05) is 24.5 Å². The number of hydrogen-bond donors (Lipinski definition) is 0. The Hall–Kier alpha value is -1.24. The molecule has 4 aliphatic rings. The van der Waals surface area contributed by atoms with Crippen LogP contribution >= 0.6 is 11.8 Å². The van der Waals surface area contributed by atoms with E-state index in [1.165, 1.54) is 17.3 Å². The Labute approximate surface area is 147 Å². The van der Waals surface area contributed by atoms with Gasteiger partial charge in [0.1, 0.15) is 9.99 Å². The van der Waals surface area contributed by atoms with Crippen LogP contribution in [0.4, 0.5) is 0 Å². The van der Waals surface area contributed by atoms with Gasteiger partial charge in [0.15, 0.2) is 9.84 Å². The number of ether oxygens (including phenoxy) is 1. The normalized spacial score (nSPS) is 31.2. The lowest BCUT2D eigenvalue weighted by Gasteiger charge is -2.35. The summed E-state index contributed by atoms with van der Waals surface area (Å²) in [7, 11) is -1.51. The number of rotatable bonds is 3. The molecule has 24 heavy (non-hydrogen) atoms. The van der Waals surface area contributed by atoms with Crippen molar-refractivity contribution in [3.8, 4) is 5.75 Å². The van der Waals surface area contributed by atoms with Gasteiger partial charge in [-0.25, -0.2) is 8.42 Å². The Morgan fingerprint density at radius 3 is 2.79 bits per heavy atom. The molecule has 1 saturated heterocycles. The van der Waals surface area contributed by atoms with Gasteiger partial charge in [-0.15, -0.1) is 0 Å². The summed E-state index contributed by atoms with van der Waals surface area (Å²) < 4.78 is 30.9. The summed E-state index contributed by atoms with van der Waals surface area (Å²) in [6, 6.07) is 8.26. The molecule has 4 heterocycles. The van der Waals surface area contributed by atoms with Gasteiger partial charge in [0, 0.05) is 19.1 Å². The average molecular weight is 364 g/mol. The molecule has 4 bridgehead atoms. The molecule has 1 aromatic rings. The molecule has 1 aromatic carbocycles. The molecule has 6 heteroatoms. The van der Waals surface area contributed by atoms with Crippen molar-refractivity contribution in [1.29, 1.82) is 0 Å². The van der Waals surface area contributed by atoms with Crippen LogP contribution in [-0.4, -0.2) is 37.8 Å². The summed E-state index contributed by atoms with van der Waals surface area (Å²) in [5, 5.41) is 1.96. The van der Waals surface area contributed by atoms with Crippen LogP contribution < -0.4 is 4.74 Å². The summed E-state index contributed by atoms with van der Waals surface area (Å²) in [6.45, 7) is 3.47. The Bertz CT molecular complexity index is 826. The van der Waals surface area contributed by atoms with Gasteiger partial charge in [-0.3, -0.25) is 4.90 Å². The molecule has 2 unspecified atom stereocenters. The Balaban J connectivity index is 1.67. The van der Waals surface area contributed by atoms with Gasteiger partial charge in [0.05, 0.1) is 11.9 Å². The molecule has 5 rings (SSSR count). The SMILES string of the molecule is COc1ccc(CN2CC3=C4SC=CC2CC(C)(C3)S4(=O)=O)cc1. The zero-order valence-corrected chi connectivity index (χ0v) is 15.5. The van der Waals surface area contributed by atoms with Gasteiger partial charge >= 0.3 is 0 Å². The molecular weight excluding hydrogens is 342 g/mol. The molecular formula is C18H21NO3S2. The maximum Gasteiger partial charge on any atom is 0.190 e. The van der Waals surface area contributed by atoms with Gasteiger partial charge in [0.25, 0.3) is 0 Å². The molecule has 0 aromatic heterocycles. The molecule has 0 spiro atoms. The van der Waals surface area contributed by atoms with Crippen LogP contribution in [0.3, 0.4) is 0 Å². The molecule has 0 N–H and O–H groups in total. The second-order valence-corrected chi connectivity index (χ2v) is 10.6. The number of hydrogen-bond acceptors (Lipinski definition) is 5. The minimum Gasteiger partial charge on any atom is -0.497 e. The van der Waals surface area contributed by atoms with E-state index < -0.39 is 14.6 Å². The topological polar surface area (TPSA) is 46.6 Å². The fourth-order valence-electron chi connectivity index (χ4n) is 3.94. The molecule has 0 aliphatic carbocycles. The van der Waals surface area contributed by atoms with E-state index in [2.05, 4.69) is 23.1 Å². The summed E-state index contributed by atoms with van der Waals surface area (Å²) in [6.07, 6.45) is 3.51. The quantitative estimate of drug-likeness (QED) is 0.824. The van der Waals surface area contributed by atoms with Crippen LogP contribution in [0.5, 0.6) is 5.75 Å². The molecule has 4 aliphatic heterocycles. The zero-order chi connectivity index (χ0) is 16.9. The molecule has 4 nitrogen and oxygen atoms in total.